The van der Waals surface area contributed by atoms with Crippen LogP contribution in [0.5, 0.6) is 0 Å². The number of amides is 1. The number of carbonyl (C=O) groups is 1. The van der Waals surface area contributed by atoms with Gasteiger partial charge in [0.25, 0.3) is 5.91 Å². The van der Waals surface area contributed by atoms with Gasteiger partial charge in [0.1, 0.15) is 0 Å². The number of aromatic nitrogens is 1. The highest BCUT2D eigenvalue weighted by Gasteiger charge is 2.41. The zero-order valence-electron chi connectivity index (χ0n) is 12.4. The van der Waals surface area contributed by atoms with Crippen molar-refractivity contribution in [3.05, 3.63) is 30.1 Å². The molecule has 0 aromatic carbocycles. The first-order valence-corrected chi connectivity index (χ1v) is 9.09. The maximum atomic E-state index is 12.7. The maximum Gasteiger partial charge on any atom is 0.254 e. The second-order valence-corrected chi connectivity index (χ2v) is 7.60. The van der Waals surface area contributed by atoms with E-state index < -0.39 is 10.0 Å². The average molecular weight is 325 g/mol. The lowest BCUT2D eigenvalue weighted by atomic mass is 9.99. The molecule has 8 heteroatoms. The van der Waals surface area contributed by atoms with Gasteiger partial charge in [0.05, 0.1) is 25.0 Å². The van der Waals surface area contributed by atoms with Gasteiger partial charge in [0.2, 0.25) is 10.0 Å². The minimum absolute atomic E-state index is 0.0995. The molecule has 22 heavy (non-hydrogen) atoms. The van der Waals surface area contributed by atoms with Crippen LogP contribution in [0.2, 0.25) is 0 Å². The molecule has 0 bridgehead atoms. The minimum Gasteiger partial charge on any atom is -0.374 e. The van der Waals surface area contributed by atoms with Gasteiger partial charge in [-0.2, -0.15) is 4.31 Å². The van der Waals surface area contributed by atoms with E-state index in [2.05, 4.69) is 4.98 Å². The fourth-order valence-electron chi connectivity index (χ4n) is 3.06. The molecule has 2 saturated heterocycles. The number of hydrogen-bond donors (Lipinski definition) is 0. The summed E-state index contributed by atoms with van der Waals surface area (Å²) in [5.74, 6) is -0.101. The minimum atomic E-state index is -3.26. The molecule has 7 nitrogen and oxygen atoms in total. The van der Waals surface area contributed by atoms with Crippen LogP contribution in [-0.4, -0.2) is 73.2 Å². The molecule has 1 amide bonds. The molecule has 0 radical (unpaired) electrons. The third-order valence-corrected chi connectivity index (χ3v) is 5.47. The van der Waals surface area contributed by atoms with E-state index in [0.29, 0.717) is 38.2 Å². The lowest BCUT2D eigenvalue weighted by molar-refractivity contribution is -0.0802. The average Bonchev–Trinajstić information content (AvgIpc) is 2.53. The highest BCUT2D eigenvalue weighted by atomic mass is 32.2. The molecule has 2 aliphatic rings. The molecule has 2 atom stereocenters. The van der Waals surface area contributed by atoms with Crippen LogP contribution in [-0.2, 0) is 14.8 Å². The molecule has 0 saturated carbocycles. The van der Waals surface area contributed by atoms with Crippen LogP contribution in [0, 0.1) is 0 Å². The van der Waals surface area contributed by atoms with Crippen molar-refractivity contribution < 1.29 is 17.9 Å². The number of pyridine rings is 1. The van der Waals surface area contributed by atoms with Crippen molar-refractivity contribution in [3.8, 4) is 0 Å². The fourth-order valence-corrected chi connectivity index (χ4v) is 3.92. The lowest BCUT2D eigenvalue weighted by Gasteiger charge is -2.46. The van der Waals surface area contributed by atoms with Gasteiger partial charge in [0, 0.05) is 37.6 Å². The molecular weight excluding hydrogens is 306 g/mol. The Morgan fingerprint density at radius 1 is 1.32 bits per heavy atom. The van der Waals surface area contributed by atoms with Crippen LogP contribution in [0.4, 0.5) is 0 Å². The van der Waals surface area contributed by atoms with Crippen LogP contribution >= 0.6 is 0 Å². The summed E-state index contributed by atoms with van der Waals surface area (Å²) in [6.07, 6.45) is 4.87. The van der Waals surface area contributed by atoms with Crippen molar-refractivity contribution in [2.45, 2.75) is 18.6 Å². The van der Waals surface area contributed by atoms with E-state index in [1.807, 2.05) is 0 Å². The van der Waals surface area contributed by atoms with Crippen LogP contribution in [0.3, 0.4) is 0 Å². The van der Waals surface area contributed by atoms with Crippen molar-refractivity contribution in [3.63, 3.8) is 0 Å². The first kappa shape index (κ1) is 15.4. The van der Waals surface area contributed by atoms with Gasteiger partial charge in [-0.3, -0.25) is 9.78 Å². The first-order valence-electron chi connectivity index (χ1n) is 7.24. The Kier molecular flexibility index (Phi) is 4.16. The molecule has 2 aliphatic heterocycles. The Bertz CT molecular complexity index is 649. The van der Waals surface area contributed by atoms with Crippen LogP contribution < -0.4 is 0 Å². The number of ether oxygens (including phenoxy) is 1. The highest BCUT2D eigenvalue weighted by molar-refractivity contribution is 7.88. The third-order valence-electron chi connectivity index (χ3n) is 4.20. The molecule has 1 aromatic rings. The van der Waals surface area contributed by atoms with Gasteiger partial charge in [-0.05, 0) is 18.6 Å². The van der Waals surface area contributed by atoms with Gasteiger partial charge in [-0.1, -0.05) is 0 Å². The molecule has 0 spiro atoms. The van der Waals surface area contributed by atoms with Crippen LogP contribution in [0.15, 0.2) is 24.5 Å². The summed E-state index contributed by atoms with van der Waals surface area (Å²) in [6.45, 7) is 1.69. The number of hydrogen-bond acceptors (Lipinski definition) is 5. The number of carbonyl (C=O) groups excluding carboxylic acids is 1. The Balaban J connectivity index is 1.83. The molecule has 1 aromatic heterocycles. The van der Waals surface area contributed by atoms with E-state index >= 15 is 0 Å². The third kappa shape index (κ3) is 2.99. The highest BCUT2D eigenvalue weighted by Crippen LogP contribution is 2.25. The molecule has 3 heterocycles. The Hall–Kier alpha value is -1.51. The second kappa shape index (κ2) is 5.94. The predicted octanol–water partition coefficient (Wildman–Crippen LogP) is -0.0435. The largest absolute Gasteiger partial charge is 0.374 e. The van der Waals surface area contributed by atoms with Crippen LogP contribution in [0.25, 0.3) is 0 Å². The second-order valence-electron chi connectivity index (χ2n) is 5.62. The van der Waals surface area contributed by atoms with Crippen LogP contribution in [0.1, 0.15) is 16.8 Å². The van der Waals surface area contributed by atoms with E-state index in [-0.39, 0.29) is 18.1 Å². The zero-order chi connectivity index (χ0) is 15.7. The Morgan fingerprint density at radius 3 is 2.73 bits per heavy atom. The number of morpholine rings is 1. The normalized spacial score (nSPS) is 26.5. The van der Waals surface area contributed by atoms with Gasteiger partial charge in [-0.25, -0.2) is 8.42 Å². The molecular formula is C14H19N3O4S. The van der Waals surface area contributed by atoms with Crippen molar-refractivity contribution in [2.24, 2.45) is 0 Å². The quantitative estimate of drug-likeness (QED) is 0.762. The fraction of sp³-hybridized carbons (Fsp3) is 0.571. The molecule has 3 rings (SSSR count). The topological polar surface area (TPSA) is 79.8 Å². The predicted molar refractivity (Wildman–Crippen MR) is 79.8 cm³/mol. The summed E-state index contributed by atoms with van der Waals surface area (Å²) in [4.78, 5) is 18.3. The lowest BCUT2D eigenvalue weighted by Crippen LogP contribution is -2.62. The molecule has 0 aliphatic carbocycles. The van der Waals surface area contributed by atoms with Crippen molar-refractivity contribution >= 4 is 15.9 Å². The number of sulfonamides is 1. The van der Waals surface area contributed by atoms with E-state index in [1.165, 1.54) is 10.6 Å². The Morgan fingerprint density at radius 2 is 2.05 bits per heavy atom. The van der Waals surface area contributed by atoms with Gasteiger partial charge in [-0.15, -0.1) is 0 Å². The van der Waals surface area contributed by atoms with Crippen molar-refractivity contribution in [1.82, 2.24) is 14.2 Å². The van der Waals surface area contributed by atoms with Crippen molar-refractivity contribution in [2.75, 3.05) is 32.5 Å². The smallest absolute Gasteiger partial charge is 0.254 e. The molecule has 2 fully saturated rings. The van der Waals surface area contributed by atoms with Gasteiger partial charge >= 0.3 is 0 Å². The SMILES string of the molecule is CS(=O)(=O)N1CC[C@@H]2OCCN(C(=O)c3ccncc3)[C@H]2C1. The van der Waals surface area contributed by atoms with Crippen molar-refractivity contribution in [1.29, 1.82) is 0 Å². The Labute approximate surface area is 129 Å². The summed E-state index contributed by atoms with van der Waals surface area (Å²) in [6, 6.07) is 3.10. The van der Waals surface area contributed by atoms with E-state index in [4.69, 9.17) is 4.74 Å². The standard InChI is InChI=1S/C14H19N3O4S/c1-22(19,20)16-7-4-13-12(10-16)17(8-9-21-13)14(18)11-2-5-15-6-3-11/h2-3,5-6,12-13H,4,7-10H2,1H3/t12-,13-/m0/s1. The molecule has 0 unspecified atom stereocenters. The van der Waals surface area contributed by atoms with Gasteiger partial charge < -0.3 is 9.64 Å². The number of piperidine rings is 1. The summed E-state index contributed by atoms with van der Waals surface area (Å²) in [7, 11) is -3.26. The van der Waals surface area contributed by atoms with E-state index in [1.54, 1.807) is 29.4 Å². The van der Waals surface area contributed by atoms with E-state index in [0.717, 1.165) is 0 Å². The van der Waals surface area contributed by atoms with E-state index in [9.17, 15) is 13.2 Å². The number of rotatable bonds is 2. The first-order chi connectivity index (χ1) is 10.5. The summed E-state index contributed by atoms with van der Waals surface area (Å²) in [5, 5.41) is 0. The molecule has 0 N–H and O–H groups in total. The summed E-state index contributed by atoms with van der Waals surface area (Å²) in [5.41, 5.74) is 0.562. The molecule has 120 valence electrons. The number of nitrogens with zero attached hydrogens (tertiary/aromatic N) is 3. The number of fused-ring (bicyclic) bond motifs is 1. The zero-order valence-corrected chi connectivity index (χ0v) is 13.2. The summed E-state index contributed by atoms with van der Waals surface area (Å²) < 4.78 is 30.7. The van der Waals surface area contributed by atoms with Gasteiger partial charge in [0.15, 0.2) is 0 Å². The monoisotopic (exact) mass is 325 g/mol. The maximum absolute atomic E-state index is 12.7. The summed E-state index contributed by atoms with van der Waals surface area (Å²) >= 11 is 0.